The van der Waals surface area contributed by atoms with Crippen LogP contribution < -0.4 is 5.32 Å². The van der Waals surface area contributed by atoms with Crippen molar-refractivity contribution in [3.8, 4) is 0 Å². The smallest absolute Gasteiger partial charge is 0.327 e. The van der Waals surface area contributed by atoms with Gasteiger partial charge >= 0.3 is 5.97 Å². The molecule has 1 N–H and O–H groups in total. The molecule has 1 heterocycles. The Bertz CT molecular complexity index is 497. The van der Waals surface area contributed by atoms with Crippen LogP contribution in [0.4, 0.5) is 5.69 Å². The summed E-state index contributed by atoms with van der Waals surface area (Å²) in [4.78, 5) is 24.9. The largest absolute Gasteiger partial charge is 0.468 e. The van der Waals surface area contributed by atoms with Crippen molar-refractivity contribution in [1.29, 1.82) is 0 Å². The van der Waals surface area contributed by atoms with E-state index in [1.807, 2.05) is 32.3 Å². The summed E-state index contributed by atoms with van der Waals surface area (Å²) < 4.78 is 4.81. The molecule has 1 aliphatic rings. The van der Waals surface area contributed by atoms with Crippen molar-refractivity contribution in [3.63, 3.8) is 0 Å². The Morgan fingerprint density at radius 1 is 1.44 bits per heavy atom. The Morgan fingerprint density at radius 2 is 2.17 bits per heavy atom. The number of nitrogens with one attached hydrogen (secondary N) is 1. The second-order valence-corrected chi connectivity index (χ2v) is 4.53. The molecule has 2 rings (SSSR count). The van der Waals surface area contributed by atoms with Gasteiger partial charge in [0.05, 0.1) is 13.5 Å². The van der Waals surface area contributed by atoms with Crippen LogP contribution in [0.1, 0.15) is 17.2 Å². The van der Waals surface area contributed by atoms with Gasteiger partial charge in [0.2, 0.25) is 5.91 Å². The maximum Gasteiger partial charge on any atom is 0.327 e. The van der Waals surface area contributed by atoms with Gasteiger partial charge in [0.15, 0.2) is 0 Å². The second kappa shape index (κ2) is 4.78. The average molecular weight is 248 g/mol. The van der Waals surface area contributed by atoms with Crippen molar-refractivity contribution in [2.45, 2.75) is 12.5 Å². The number of fused-ring (bicyclic) bond motifs is 1. The molecule has 1 atom stereocenters. The highest BCUT2D eigenvalue weighted by Gasteiger charge is 2.26. The van der Waals surface area contributed by atoms with Gasteiger partial charge in [-0.3, -0.25) is 9.69 Å². The zero-order valence-electron chi connectivity index (χ0n) is 10.7. The lowest BCUT2D eigenvalue weighted by Crippen LogP contribution is -2.28. The Kier molecular flexibility index (Phi) is 3.34. The third-order valence-electron chi connectivity index (χ3n) is 3.01. The van der Waals surface area contributed by atoms with E-state index in [2.05, 4.69) is 5.32 Å². The molecule has 5 nitrogen and oxygen atoms in total. The molecule has 1 unspecified atom stereocenters. The number of hydrogen-bond donors (Lipinski definition) is 1. The van der Waals surface area contributed by atoms with E-state index in [0.29, 0.717) is 6.42 Å². The molecule has 5 heteroatoms. The fourth-order valence-corrected chi connectivity index (χ4v) is 2.18. The Labute approximate surface area is 106 Å². The SMILES string of the molecule is COC(=O)C(c1ccc2c(c1)CC(=O)N2)N(C)C. The van der Waals surface area contributed by atoms with Crippen LogP contribution in [-0.4, -0.2) is 38.0 Å². The number of carbonyl (C=O) groups excluding carboxylic acids is 2. The third kappa shape index (κ3) is 2.22. The number of esters is 1. The zero-order valence-corrected chi connectivity index (χ0v) is 10.7. The molecular weight excluding hydrogens is 232 g/mol. The van der Waals surface area contributed by atoms with E-state index in [0.717, 1.165) is 16.8 Å². The highest BCUT2D eigenvalue weighted by molar-refractivity contribution is 5.99. The summed E-state index contributed by atoms with van der Waals surface area (Å²) in [5, 5.41) is 2.77. The molecule has 1 aliphatic heterocycles. The predicted molar refractivity (Wildman–Crippen MR) is 67.2 cm³/mol. The molecule has 0 fully saturated rings. The fourth-order valence-electron chi connectivity index (χ4n) is 2.18. The number of anilines is 1. The van der Waals surface area contributed by atoms with Crippen molar-refractivity contribution in [1.82, 2.24) is 4.90 Å². The Balaban J connectivity index is 2.35. The lowest BCUT2D eigenvalue weighted by Gasteiger charge is -2.22. The number of amides is 1. The molecule has 18 heavy (non-hydrogen) atoms. The van der Waals surface area contributed by atoms with Crippen LogP contribution in [0.25, 0.3) is 0 Å². The van der Waals surface area contributed by atoms with Crippen LogP contribution in [-0.2, 0) is 20.7 Å². The Morgan fingerprint density at radius 3 is 2.78 bits per heavy atom. The van der Waals surface area contributed by atoms with Gasteiger partial charge in [-0.05, 0) is 31.3 Å². The molecule has 0 saturated carbocycles. The topological polar surface area (TPSA) is 58.6 Å². The first-order chi connectivity index (χ1) is 8.52. The van der Waals surface area contributed by atoms with Crippen LogP contribution in [0.5, 0.6) is 0 Å². The van der Waals surface area contributed by atoms with E-state index in [4.69, 9.17) is 4.74 Å². The molecule has 1 aromatic carbocycles. The minimum atomic E-state index is -0.448. The molecule has 0 aromatic heterocycles. The van der Waals surface area contributed by atoms with Crippen LogP contribution in [0.2, 0.25) is 0 Å². The molecule has 1 amide bonds. The summed E-state index contributed by atoms with van der Waals surface area (Å²) in [6, 6.07) is 5.10. The predicted octanol–water partition coefficient (Wildman–Crippen LogP) is 0.957. The maximum atomic E-state index is 11.8. The quantitative estimate of drug-likeness (QED) is 0.809. The summed E-state index contributed by atoms with van der Waals surface area (Å²) >= 11 is 0. The van der Waals surface area contributed by atoms with Gasteiger partial charge in [0.1, 0.15) is 6.04 Å². The van der Waals surface area contributed by atoms with Gasteiger partial charge < -0.3 is 10.1 Å². The molecule has 0 aliphatic carbocycles. The molecular formula is C13H16N2O3. The number of ether oxygens (including phenoxy) is 1. The average Bonchev–Trinajstić information content (AvgIpc) is 2.68. The van der Waals surface area contributed by atoms with E-state index in [9.17, 15) is 9.59 Å². The standard InChI is InChI=1S/C13H16N2O3/c1-15(2)12(13(17)18-3)8-4-5-10-9(6-8)7-11(16)14-10/h4-6,12H,7H2,1-3H3,(H,14,16). The van der Waals surface area contributed by atoms with Gasteiger partial charge in [0, 0.05) is 5.69 Å². The number of nitrogens with zero attached hydrogens (tertiary/aromatic N) is 1. The summed E-state index contributed by atoms with van der Waals surface area (Å²) in [7, 11) is 5.01. The normalized spacial score (nSPS) is 15.2. The lowest BCUT2D eigenvalue weighted by atomic mass is 10.0. The van der Waals surface area contributed by atoms with Gasteiger partial charge in [0.25, 0.3) is 0 Å². The van der Waals surface area contributed by atoms with Gasteiger partial charge in [-0.15, -0.1) is 0 Å². The van der Waals surface area contributed by atoms with E-state index in [1.54, 1.807) is 4.90 Å². The zero-order chi connectivity index (χ0) is 13.3. The summed E-state index contributed by atoms with van der Waals surface area (Å²) in [6.45, 7) is 0. The van der Waals surface area contributed by atoms with Gasteiger partial charge in [-0.25, -0.2) is 4.79 Å². The number of rotatable bonds is 3. The summed E-state index contributed by atoms with van der Waals surface area (Å²) in [5.74, 6) is -0.321. The van der Waals surface area contributed by atoms with E-state index in [1.165, 1.54) is 7.11 Å². The van der Waals surface area contributed by atoms with Crippen LogP contribution in [0, 0.1) is 0 Å². The highest BCUT2D eigenvalue weighted by atomic mass is 16.5. The van der Waals surface area contributed by atoms with Crippen molar-refractivity contribution >= 4 is 17.6 Å². The summed E-state index contributed by atoms with van der Waals surface area (Å²) in [5.41, 5.74) is 2.58. The molecule has 1 aromatic rings. The van der Waals surface area contributed by atoms with Crippen molar-refractivity contribution in [2.75, 3.05) is 26.5 Å². The van der Waals surface area contributed by atoms with E-state index in [-0.39, 0.29) is 11.9 Å². The first-order valence-electron chi connectivity index (χ1n) is 5.70. The van der Waals surface area contributed by atoms with E-state index < -0.39 is 6.04 Å². The fraction of sp³-hybridized carbons (Fsp3) is 0.385. The van der Waals surface area contributed by atoms with Crippen molar-refractivity contribution in [2.24, 2.45) is 0 Å². The third-order valence-corrected chi connectivity index (χ3v) is 3.01. The lowest BCUT2D eigenvalue weighted by molar-refractivity contribution is -0.146. The number of hydrogen-bond acceptors (Lipinski definition) is 4. The minimum absolute atomic E-state index is 0.0124. The van der Waals surface area contributed by atoms with Crippen molar-refractivity contribution in [3.05, 3.63) is 29.3 Å². The first-order valence-corrected chi connectivity index (χ1v) is 5.70. The molecule has 96 valence electrons. The minimum Gasteiger partial charge on any atom is -0.468 e. The van der Waals surface area contributed by atoms with Crippen LogP contribution >= 0.6 is 0 Å². The first kappa shape index (κ1) is 12.6. The molecule has 0 radical (unpaired) electrons. The maximum absolute atomic E-state index is 11.8. The number of carbonyl (C=O) groups is 2. The second-order valence-electron chi connectivity index (χ2n) is 4.53. The monoisotopic (exact) mass is 248 g/mol. The van der Waals surface area contributed by atoms with Gasteiger partial charge in [-0.2, -0.15) is 0 Å². The number of likely N-dealkylation sites (N-methyl/N-ethyl adjacent to an activating group) is 1. The van der Waals surface area contributed by atoms with Crippen molar-refractivity contribution < 1.29 is 14.3 Å². The number of benzene rings is 1. The van der Waals surface area contributed by atoms with Crippen LogP contribution in [0.3, 0.4) is 0 Å². The molecule has 0 spiro atoms. The Hall–Kier alpha value is -1.88. The number of methoxy groups -OCH3 is 1. The van der Waals surface area contributed by atoms with E-state index >= 15 is 0 Å². The van der Waals surface area contributed by atoms with Crippen LogP contribution in [0.15, 0.2) is 18.2 Å². The molecule has 0 saturated heterocycles. The summed E-state index contributed by atoms with van der Waals surface area (Å²) in [6.07, 6.45) is 0.366. The van der Waals surface area contributed by atoms with Gasteiger partial charge in [-0.1, -0.05) is 12.1 Å². The molecule has 0 bridgehead atoms. The highest BCUT2D eigenvalue weighted by Crippen LogP contribution is 2.28.